The fourth-order valence-corrected chi connectivity index (χ4v) is 3.65. The third-order valence-electron chi connectivity index (χ3n) is 5.88. The summed E-state index contributed by atoms with van der Waals surface area (Å²) < 4.78 is 14.7. The first-order valence-electron chi connectivity index (χ1n) is 15.2. The van der Waals surface area contributed by atoms with Crippen LogP contribution in [0.25, 0.3) is 0 Å². The number of unbranched alkanes of at least 4 members (excludes halogenated alkanes) is 3. The normalized spacial score (nSPS) is 12.0. The van der Waals surface area contributed by atoms with E-state index in [2.05, 4.69) is 56.5 Å². The minimum atomic E-state index is -0.176. The Labute approximate surface area is 251 Å². The third-order valence-corrected chi connectivity index (χ3v) is 5.88. The van der Waals surface area contributed by atoms with Crippen LogP contribution in [0.1, 0.15) is 90.0 Å². The lowest BCUT2D eigenvalue weighted by atomic mass is 9.87. The van der Waals surface area contributed by atoms with Gasteiger partial charge in [-0.05, 0) is 43.6 Å². The summed E-state index contributed by atoms with van der Waals surface area (Å²) in [5, 5.41) is 0. The summed E-state index contributed by atoms with van der Waals surface area (Å²) in [7, 11) is 0. The summed E-state index contributed by atoms with van der Waals surface area (Å²) in [6, 6.07) is 10.3. The lowest BCUT2D eigenvalue weighted by Gasteiger charge is -2.19. The summed E-state index contributed by atoms with van der Waals surface area (Å²) in [6.07, 6.45) is 22.5. The van der Waals surface area contributed by atoms with Crippen molar-refractivity contribution in [3.63, 3.8) is 0 Å². The third kappa shape index (κ3) is 31.5. The van der Waals surface area contributed by atoms with E-state index in [1.807, 2.05) is 24.3 Å². The van der Waals surface area contributed by atoms with Crippen molar-refractivity contribution < 1.29 is 23.8 Å². The zero-order valence-electron chi connectivity index (χ0n) is 26.0. The molecule has 1 unspecified atom stereocenters. The number of ether oxygens (including phenoxy) is 3. The van der Waals surface area contributed by atoms with Gasteiger partial charge in [0.25, 0.3) is 0 Å². The molecule has 1 fully saturated rings. The van der Waals surface area contributed by atoms with Crippen LogP contribution >= 0.6 is 0 Å². The van der Waals surface area contributed by atoms with Crippen molar-refractivity contribution in [2.24, 2.45) is 5.92 Å². The van der Waals surface area contributed by atoms with E-state index in [9.17, 15) is 9.59 Å². The number of hydrogen-bond acceptors (Lipinski definition) is 5. The van der Waals surface area contributed by atoms with Crippen LogP contribution in [0.3, 0.4) is 0 Å². The molecule has 0 saturated heterocycles. The van der Waals surface area contributed by atoms with Gasteiger partial charge in [-0.3, -0.25) is 9.59 Å². The summed E-state index contributed by atoms with van der Waals surface area (Å²) in [5.41, 5.74) is 1.32. The molecule has 1 radical (unpaired) electrons. The van der Waals surface area contributed by atoms with E-state index in [0.717, 1.165) is 31.8 Å². The van der Waals surface area contributed by atoms with Crippen molar-refractivity contribution in [2.75, 3.05) is 26.4 Å². The zero-order valence-corrected chi connectivity index (χ0v) is 26.0. The maximum atomic E-state index is 10.9. The van der Waals surface area contributed by atoms with Crippen molar-refractivity contribution in [1.82, 2.24) is 0 Å². The maximum absolute atomic E-state index is 10.9. The minimum Gasteiger partial charge on any atom is -0.461 e. The van der Waals surface area contributed by atoms with Crippen molar-refractivity contribution in [2.45, 2.75) is 90.9 Å². The molecule has 1 aliphatic carbocycles. The maximum Gasteiger partial charge on any atom is 0.306 e. The number of carbonyl (C=O) groups is 2. The highest BCUT2D eigenvalue weighted by Gasteiger charge is 2.10. The van der Waals surface area contributed by atoms with Crippen LogP contribution in [-0.4, -0.2) is 38.4 Å². The van der Waals surface area contributed by atoms with Gasteiger partial charge in [0.2, 0.25) is 0 Å². The van der Waals surface area contributed by atoms with Crippen LogP contribution in [0, 0.1) is 12.3 Å². The lowest BCUT2D eigenvalue weighted by molar-refractivity contribution is -0.143. The van der Waals surface area contributed by atoms with E-state index in [-0.39, 0.29) is 11.9 Å². The Bertz CT molecular complexity index is 765. The first-order valence-corrected chi connectivity index (χ1v) is 15.2. The van der Waals surface area contributed by atoms with E-state index in [1.165, 1.54) is 50.5 Å². The molecule has 0 N–H and O–H groups in total. The Morgan fingerprint density at radius 2 is 1.51 bits per heavy atom. The van der Waals surface area contributed by atoms with Gasteiger partial charge in [-0.15, -0.1) is 13.2 Å². The van der Waals surface area contributed by atoms with E-state index >= 15 is 0 Å². The highest BCUT2D eigenvalue weighted by atomic mass is 16.5. The monoisotopic (exact) mass is 569 g/mol. The van der Waals surface area contributed by atoms with Gasteiger partial charge >= 0.3 is 11.9 Å². The number of benzene rings is 1. The molecule has 231 valence electrons. The molecule has 0 aromatic heterocycles. The van der Waals surface area contributed by atoms with Crippen LogP contribution in [-0.2, 0) is 30.2 Å². The molecule has 5 nitrogen and oxygen atoms in total. The standard InChI is InChI=1S/C11H14O.C10H18O2.C9H15.C6H10O2/c1-2-9-12-10-8-11-6-4-3-5-7-11;1-3-5-6-7-8-10(11)12-9-4-2;1-2-6-9-7-4-3-5-8-9;1-3-5-8-6(7)4-2/h2-7H,1,8-10H2;4H,2-3,5-9H2,1H3;2,4,9H,1,3,5-8H2;3H,1,4-5H2,2H3. The molecule has 0 bridgehead atoms. The number of hydrogen-bond donors (Lipinski definition) is 0. The molecular weight excluding hydrogens is 512 g/mol. The quantitative estimate of drug-likeness (QED) is 0.106. The molecule has 1 saturated carbocycles. The highest BCUT2D eigenvalue weighted by Crippen LogP contribution is 2.25. The second kappa shape index (κ2) is 33.3. The molecule has 2 rings (SSSR count). The second-order valence-electron chi connectivity index (χ2n) is 9.55. The Hall–Kier alpha value is -2.92. The fraction of sp³-hybridized carbons (Fsp3) is 0.528. The number of carbonyl (C=O) groups excluding carboxylic acids is 2. The smallest absolute Gasteiger partial charge is 0.306 e. The molecule has 0 amide bonds. The highest BCUT2D eigenvalue weighted by molar-refractivity contribution is 5.69. The molecule has 41 heavy (non-hydrogen) atoms. The summed E-state index contributed by atoms with van der Waals surface area (Å²) >= 11 is 0. The van der Waals surface area contributed by atoms with Gasteiger partial charge in [0.1, 0.15) is 13.2 Å². The summed E-state index contributed by atoms with van der Waals surface area (Å²) in [5.74, 6) is 0.646. The van der Waals surface area contributed by atoms with Crippen LogP contribution in [0.15, 0.2) is 81.0 Å². The van der Waals surface area contributed by atoms with Crippen molar-refractivity contribution in [1.29, 1.82) is 0 Å². The number of allylic oxidation sites excluding steroid dienone is 1. The molecular formula is C36H57O5. The van der Waals surface area contributed by atoms with E-state index < -0.39 is 0 Å². The molecule has 1 aliphatic rings. The van der Waals surface area contributed by atoms with Gasteiger partial charge in [0.15, 0.2) is 0 Å². The fourth-order valence-electron chi connectivity index (χ4n) is 3.65. The first kappa shape index (κ1) is 40.2. The predicted octanol–water partition coefficient (Wildman–Crippen LogP) is 9.20. The van der Waals surface area contributed by atoms with E-state index in [4.69, 9.17) is 9.47 Å². The Balaban J connectivity index is 0. The predicted molar refractivity (Wildman–Crippen MR) is 174 cm³/mol. The summed E-state index contributed by atoms with van der Waals surface area (Å²) in [6.45, 7) is 20.2. The molecule has 1 aromatic carbocycles. The van der Waals surface area contributed by atoms with Crippen LogP contribution in [0.2, 0.25) is 0 Å². The largest absolute Gasteiger partial charge is 0.461 e. The van der Waals surface area contributed by atoms with Gasteiger partial charge < -0.3 is 14.2 Å². The zero-order chi connectivity index (χ0) is 30.8. The number of esters is 2. The minimum absolute atomic E-state index is 0.106. The molecule has 0 aliphatic heterocycles. The Morgan fingerprint density at radius 1 is 0.854 bits per heavy atom. The first-order chi connectivity index (χ1) is 20.0. The van der Waals surface area contributed by atoms with Crippen LogP contribution < -0.4 is 0 Å². The molecule has 1 aromatic rings. The number of rotatable bonds is 17. The van der Waals surface area contributed by atoms with Crippen LogP contribution in [0.4, 0.5) is 0 Å². The Morgan fingerprint density at radius 3 is 2.05 bits per heavy atom. The lowest BCUT2D eigenvalue weighted by Crippen LogP contribution is -2.04. The van der Waals surface area contributed by atoms with Crippen molar-refractivity contribution >= 4 is 11.9 Å². The Kier molecular flexibility index (Phi) is 32.7. The second-order valence-corrected chi connectivity index (χ2v) is 9.55. The average molecular weight is 570 g/mol. The molecule has 1 atom stereocenters. The van der Waals surface area contributed by atoms with Gasteiger partial charge in [0, 0.05) is 12.8 Å². The van der Waals surface area contributed by atoms with Gasteiger partial charge in [-0.25, -0.2) is 0 Å². The van der Waals surface area contributed by atoms with Crippen LogP contribution in [0.5, 0.6) is 0 Å². The van der Waals surface area contributed by atoms with Gasteiger partial charge in [0.05, 0.1) is 13.2 Å². The molecule has 0 heterocycles. The summed E-state index contributed by atoms with van der Waals surface area (Å²) in [4.78, 5) is 21.2. The average Bonchev–Trinajstić information content (AvgIpc) is 3.01. The molecule has 0 spiro atoms. The van der Waals surface area contributed by atoms with E-state index in [1.54, 1.807) is 25.2 Å². The van der Waals surface area contributed by atoms with Gasteiger partial charge in [-0.1, -0.05) is 120 Å². The van der Waals surface area contributed by atoms with E-state index in [0.29, 0.717) is 32.7 Å². The SMILES string of the molecule is C=CCC1C[CH]CCC1.C=CCOC(=O)CC.C=CCOC(=O)CCCCCC.C=CCOCCc1ccccc1. The topological polar surface area (TPSA) is 61.8 Å². The molecule has 5 heteroatoms. The van der Waals surface area contributed by atoms with Crippen molar-refractivity contribution in [3.8, 4) is 0 Å². The van der Waals surface area contributed by atoms with Crippen molar-refractivity contribution in [3.05, 3.63) is 92.9 Å². The van der Waals surface area contributed by atoms with Gasteiger partial charge in [-0.2, -0.15) is 0 Å².